The smallest absolute Gasteiger partial charge is 0.257 e. The van der Waals surface area contributed by atoms with Gasteiger partial charge in [-0.3, -0.25) is 4.79 Å². The number of methoxy groups -OCH3 is 1. The van der Waals surface area contributed by atoms with Gasteiger partial charge in [0.1, 0.15) is 5.75 Å². The van der Waals surface area contributed by atoms with E-state index in [1.54, 1.807) is 19.5 Å². The van der Waals surface area contributed by atoms with Crippen molar-refractivity contribution in [2.75, 3.05) is 56.2 Å². The molecule has 2 aromatic rings. The minimum Gasteiger partial charge on any atom is -0.495 e. The summed E-state index contributed by atoms with van der Waals surface area (Å²) >= 11 is 0. The lowest BCUT2D eigenvalue weighted by molar-refractivity contribution is 0.0682. The van der Waals surface area contributed by atoms with Gasteiger partial charge in [-0.1, -0.05) is 19.1 Å². The number of anilines is 2. The predicted molar refractivity (Wildman–Crippen MR) is 114 cm³/mol. The van der Waals surface area contributed by atoms with Crippen LogP contribution < -0.4 is 14.5 Å². The zero-order valence-corrected chi connectivity index (χ0v) is 17.3. The van der Waals surface area contributed by atoms with Crippen molar-refractivity contribution in [3.63, 3.8) is 0 Å². The Morgan fingerprint density at radius 1 is 1.03 bits per heavy atom. The van der Waals surface area contributed by atoms with Crippen molar-refractivity contribution in [1.82, 2.24) is 14.9 Å². The number of rotatable bonds is 4. The van der Waals surface area contributed by atoms with Gasteiger partial charge in [-0.05, 0) is 30.9 Å². The van der Waals surface area contributed by atoms with Crippen molar-refractivity contribution < 1.29 is 9.53 Å². The van der Waals surface area contributed by atoms with Gasteiger partial charge < -0.3 is 19.4 Å². The maximum absolute atomic E-state index is 12.7. The number of carbonyl (C=O) groups excluding carboxylic acids is 1. The fourth-order valence-corrected chi connectivity index (χ4v) is 4.19. The van der Waals surface area contributed by atoms with Gasteiger partial charge in [-0.2, -0.15) is 0 Å². The van der Waals surface area contributed by atoms with E-state index in [1.165, 1.54) is 6.42 Å². The molecule has 7 nitrogen and oxygen atoms in total. The lowest BCUT2D eigenvalue weighted by atomic mass is 10.00. The van der Waals surface area contributed by atoms with Gasteiger partial charge in [-0.15, -0.1) is 0 Å². The second-order valence-electron chi connectivity index (χ2n) is 7.92. The van der Waals surface area contributed by atoms with Crippen LogP contribution in [0.1, 0.15) is 30.1 Å². The SMILES string of the molecule is COc1ccccc1N1CCN(c2ncc(C(=O)N3CCCC(C)C3)cn2)CC1. The molecule has 29 heavy (non-hydrogen) atoms. The zero-order valence-electron chi connectivity index (χ0n) is 17.3. The van der Waals surface area contributed by atoms with Crippen molar-refractivity contribution in [3.05, 3.63) is 42.2 Å². The molecule has 0 N–H and O–H groups in total. The lowest BCUT2D eigenvalue weighted by Crippen LogP contribution is -2.47. The molecule has 1 aromatic carbocycles. The highest BCUT2D eigenvalue weighted by atomic mass is 16.5. The summed E-state index contributed by atoms with van der Waals surface area (Å²) in [5, 5.41) is 0. The summed E-state index contributed by atoms with van der Waals surface area (Å²) in [6.45, 7) is 7.25. The summed E-state index contributed by atoms with van der Waals surface area (Å²) in [5.74, 6) is 2.19. The van der Waals surface area contributed by atoms with Crippen molar-refractivity contribution >= 4 is 17.5 Å². The van der Waals surface area contributed by atoms with E-state index in [2.05, 4.69) is 32.8 Å². The van der Waals surface area contributed by atoms with E-state index in [0.717, 1.165) is 57.1 Å². The molecule has 154 valence electrons. The third-order valence-corrected chi connectivity index (χ3v) is 5.82. The van der Waals surface area contributed by atoms with E-state index in [0.29, 0.717) is 17.4 Å². The Hall–Kier alpha value is -2.83. The van der Waals surface area contributed by atoms with Gasteiger partial charge in [-0.25, -0.2) is 9.97 Å². The fourth-order valence-electron chi connectivity index (χ4n) is 4.19. The minimum absolute atomic E-state index is 0.0455. The molecule has 0 aliphatic carbocycles. The molecule has 2 aliphatic heterocycles. The monoisotopic (exact) mass is 395 g/mol. The number of aromatic nitrogens is 2. The summed E-state index contributed by atoms with van der Waals surface area (Å²) < 4.78 is 5.49. The summed E-state index contributed by atoms with van der Waals surface area (Å²) in [4.78, 5) is 28.1. The molecule has 0 spiro atoms. The molecular formula is C22H29N5O2. The molecule has 1 aromatic heterocycles. The quantitative estimate of drug-likeness (QED) is 0.793. The third-order valence-electron chi connectivity index (χ3n) is 5.82. The zero-order chi connectivity index (χ0) is 20.2. The van der Waals surface area contributed by atoms with Gasteiger partial charge in [0.2, 0.25) is 5.95 Å². The Labute approximate surface area is 172 Å². The Kier molecular flexibility index (Phi) is 5.83. The molecule has 2 fully saturated rings. The van der Waals surface area contributed by atoms with Crippen LogP contribution in [0, 0.1) is 5.92 Å². The standard InChI is InChI=1S/C22H29N5O2/c1-17-6-5-9-27(16-17)21(28)18-14-23-22(24-15-18)26-12-10-25(11-13-26)19-7-3-4-8-20(19)29-2/h3-4,7-8,14-15,17H,5-6,9-13,16H2,1-2H3. The molecule has 2 aliphatic rings. The number of amides is 1. The summed E-state index contributed by atoms with van der Waals surface area (Å²) in [7, 11) is 1.70. The largest absolute Gasteiger partial charge is 0.495 e. The first-order valence-electron chi connectivity index (χ1n) is 10.4. The van der Waals surface area contributed by atoms with Crippen LogP contribution in [-0.2, 0) is 0 Å². The molecular weight excluding hydrogens is 366 g/mol. The average Bonchev–Trinajstić information content (AvgIpc) is 2.79. The highest BCUT2D eigenvalue weighted by Crippen LogP contribution is 2.28. The van der Waals surface area contributed by atoms with Crippen LogP contribution in [0.2, 0.25) is 0 Å². The molecule has 4 rings (SSSR count). The fraction of sp³-hybridized carbons (Fsp3) is 0.500. The van der Waals surface area contributed by atoms with Gasteiger partial charge in [0.25, 0.3) is 5.91 Å². The second-order valence-corrected chi connectivity index (χ2v) is 7.92. The number of para-hydroxylation sites is 2. The van der Waals surface area contributed by atoms with Gasteiger partial charge >= 0.3 is 0 Å². The van der Waals surface area contributed by atoms with Crippen LogP contribution in [0.15, 0.2) is 36.7 Å². The number of nitrogens with zero attached hydrogens (tertiary/aromatic N) is 5. The van der Waals surface area contributed by atoms with E-state index < -0.39 is 0 Å². The van der Waals surface area contributed by atoms with Crippen LogP contribution in [0.25, 0.3) is 0 Å². The van der Waals surface area contributed by atoms with Crippen molar-refractivity contribution in [3.8, 4) is 5.75 Å². The number of hydrogen-bond acceptors (Lipinski definition) is 6. The van der Waals surface area contributed by atoms with Crippen LogP contribution in [0.5, 0.6) is 5.75 Å². The van der Waals surface area contributed by atoms with E-state index in [-0.39, 0.29) is 5.91 Å². The summed E-state index contributed by atoms with van der Waals surface area (Å²) in [6, 6.07) is 8.10. The molecule has 3 heterocycles. The average molecular weight is 396 g/mol. The van der Waals surface area contributed by atoms with Crippen LogP contribution in [0.3, 0.4) is 0 Å². The van der Waals surface area contributed by atoms with E-state index in [1.807, 2.05) is 23.1 Å². The molecule has 0 bridgehead atoms. The van der Waals surface area contributed by atoms with Gasteiger partial charge in [0.05, 0.1) is 18.4 Å². The molecule has 1 unspecified atom stereocenters. The number of ether oxygens (including phenoxy) is 1. The van der Waals surface area contributed by atoms with Crippen LogP contribution in [-0.4, -0.2) is 67.2 Å². The third kappa shape index (κ3) is 4.28. The number of likely N-dealkylation sites (tertiary alicyclic amines) is 1. The van der Waals surface area contributed by atoms with E-state index >= 15 is 0 Å². The van der Waals surface area contributed by atoms with E-state index in [9.17, 15) is 4.79 Å². The molecule has 1 amide bonds. The molecule has 0 saturated carbocycles. The highest BCUT2D eigenvalue weighted by molar-refractivity contribution is 5.93. The predicted octanol–water partition coefficient (Wildman–Crippen LogP) is 2.68. The number of carbonyl (C=O) groups is 1. The van der Waals surface area contributed by atoms with Gasteiger partial charge in [0.15, 0.2) is 0 Å². The highest BCUT2D eigenvalue weighted by Gasteiger charge is 2.24. The topological polar surface area (TPSA) is 61.8 Å². The Morgan fingerprint density at radius 3 is 2.41 bits per heavy atom. The minimum atomic E-state index is 0.0455. The Morgan fingerprint density at radius 2 is 1.72 bits per heavy atom. The number of piperidine rings is 1. The first-order chi connectivity index (χ1) is 14.2. The maximum Gasteiger partial charge on any atom is 0.257 e. The Bertz CT molecular complexity index is 833. The molecule has 0 radical (unpaired) electrons. The number of benzene rings is 1. The Balaban J connectivity index is 1.37. The lowest BCUT2D eigenvalue weighted by Gasteiger charge is -2.36. The van der Waals surface area contributed by atoms with Crippen LogP contribution in [0.4, 0.5) is 11.6 Å². The first-order valence-corrected chi connectivity index (χ1v) is 10.4. The first kappa shape index (κ1) is 19.5. The summed E-state index contributed by atoms with van der Waals surface area (Å²) in [6.07, 6.45) is 5.62. The van der Waals surface area contributed by atoms with Crippen LogP contribution >= 0.6 is 0 Å². The maximum atomic E-state index is 12.7. The van der Waals surface area contributed by atoms with Crippen molar-refractivity contribution in [2.24, 2.45) is 5.92 Å². The van der Waals surface area contributed by atoms with Gasteiger partial charge in [0, 0.05) is 51.7 Å². The normalized spacial score (nSPS) is 19.9. The van der Waals surface area contributed by atoms with E-state index in [4.69, 9.17) is 4.74 Å². The molecule has 2 saturated heterocycles. The van der Waals surface area contributed by atoms with Crippen molar-refractivity contribution in [1.29, 1.82) is 0 Å². The second kappa shape index (κ2) is 8.68. The number of hydrogen-bond donors (Lipinski definition) is 0. The molecule has 1 atom stereocenters. The summed E-state index contributed by atoms with van der Waals surface area (Å²) in [5.41, 5.74) is 1.70. The molecule has 7 heteroatoms. The van der Waals surface area contributed by atoms with Crippen molar-refractivity contribution in [2.45, 2.75) is 19.8 Å². The number of piperazine rings is 1.